The fraction of sp³-hybridized carbons (Fsp3) is 0.538. The molecule has 1 aliphatic heterocycles. The maximum atomic E-state index is 13.8. The van der Waals surface area contributed by atoms with E-state index in [1.54, 1.807) is 12.2 Å². The number of ether oxygens (including phenoxy) is 3. The van der Waals surface area contributed by atoms with E-state index >= 15 is 0 Å². The lowest BCUT2D eigenvalue weighted by atomic mass is 9.46. The summed E-state index contributed by atoms with van der Waals surface area (Å²) in [5.74, 6) is -0.239. The second-order valence-corrected chi connectivity index (χ2v) is 14.9. The summed E-state index contributed by atoms with van der Waals surface area (Å²) in [5, 5.41) is 22.1. The van der Waals surface area contributed by atoms with Gasteiger partial charge in [0, 0.05) is 22.3 Å². The first-order valence-corrected chi connectivity index (χ1v) is 16.9. The van der Waals surface area contributed by atoms with Crippen molar-refractivity contribution in [1.29, 1.82) is 0 Å². The van der Waals surface area contributed by atoms with Crippen LogP contribution in [0.4, 0.5) is 0 Å². The molecule has 2 aromatic rings. The topological polar surface area (TPSA) is 102 Å². The number of carbonyl (C=O) groups is 2. The summed E-state index contributed by atoms with van der Waals surface area (Å²) in [7, 11) is 0. The van der Waals surface area contributed by atoms with Gasteiger partial charge in [0.15, 0.2) is 23.5 Å². The van der Waals surface area contributed by atoms with E-state index in [-0.39, 0.29) is 35.4 Å². The molecule has 1 heterocycles. The fourth-order valence-electron chi connectivity index (χ4n) is 9.88. The van der Waals surface area contributed by atoms with Crippen molar-refractivity contribution in [2.45, 2.75) is 96.6 Å². The molecule has 244 valence electrons. The predicted octanol–water partition coefficient (Wildman–Crippen LogP) is 5.81. The highest BCUT2D eigenvalue weighted by Crippen LogP contribution is 2.70. The quantitative estimate of drug-likeness (QED) is 0.382. The SMILES string of the molecule is CC(C)OCc1ccc(Cc2ccc([C@@H]3O[C@@H]4C[C@H]5[C@@H]6CCC7=CC(=O)C=C[C@]7(C)[C@H]6[C@@H](O)C[C@]5(C)[C@]4(C(=O)CO)O3)cc2)cc1. The highest BCUT2D eigenvalue weighted by molar-refractivity contribution is 6.01. The Labute approximate surface area is 271 Å². The number of rotatable bonds is 8. The normalized spacial score (nSPS) is 37.8. The van der Waals surface area contributed by atoms with Crippen LogP contribution in [0.25, 0.3) is 0 Å². The third-order valence-corrected chi connectivity index (χ3v) is 12.1. The van der Waals surface area contributed by atoms with Gasteiger partial charge in [0.1, 0.15) is 6.61 Å². The van der Waals surface area contributed by atoms with Crippen molar-refractivity contribution in [2.24, 2.45) is 28.6 Å². The molecule has 1 saturated heterocycles. The van der Waals surface area contributed by atoms with Crippen LogP contribution < -0.4 is 0 Å². The molecule has 2 aromatic carbocycles. The van der Waals surface area contributed by atoms with Gasteiger partial charge in [-0.25, -0.2) is 0 Å². The van der Waals surface area contributed by atoms with Gasteiger partial charge in [-0.2, -0.15) is 0 Å². The molecular weight excluding hydrogens is 580 g/mol. The predicted molar refractivity (Wildman–Crippen MR) is 173 cm³/mol. The minimum Gasteiger partial charge on any atom is -0.393 e. The number of allylic oxidation sites excluding steroid dienone is 4. The first-order chi connectivity index (χ1) is 22.0. The summed E-state index contributed by atoms with van der Waals surface area (Å²) >= 11 is 0. The molecule has 46 heavy (non-hydrogen) atoms. The summed E-state index contributed by atoms with van der Waals surface area (Å²) in [6, 6.07) is 16.6. The van der Waals surface area contributed by atoms with E-state index in [1.807, 2.05) is 32.1 Å². The van der Waals surface area contributed by atoms with E-state index in [9.17, 15) is 19.8 Å². The summed E-state index contributed by atoms with van der Waals surface area (Å²) in [4.78, 5) is 26.0. The van der Waals surface area contributed by atoms with E-state index < -0.39 is 41.5 Å². The molecule has 0 aromatic heterocycles. The van der Waals surface area contributed by atoms with Crippen LogP contribution in [0.5, 0.6) is 0 Å². The number of Topliss-reactive ketones (excluding diaryl/α,β-unsaturated/α-hetero) is 1. The van der Waals surface area contributed by atoms with E-state index in [4.69, 9.17) is 14.2 Å². The third-order valence-electron chi connectivity index (χ3n) is 12.1. The first-order valence-electron chi connectivity index (χ1n) is 16.9. The number of carbonyl (C=O) groups excluding carboxylic acids is 2. The summed E-state index contributed by atoms with van der Waals surface area (Å²) in [6.45, 7) is 8.23. The number of hydrogen-bond donors (Lipinski definition) is 2. The highest BCUT2D eigenvalue weighted by Gasteiger charge is 2.75. The molecule has 5 aliphatic rings. The maximum Gasteiger partial charge on any atom is 0.193 e. The second-order valence-electron chi connectivity index (χ2n) is 14.9. The van der Waals surface area contributed by atoms with Crippen molar-refractivity contribution in [3.8, 4) is 0 Å². The molecule has 0 bridgehead atoms. The van der Waals surface area contributed by atoms with Gasteiger partial charge in [-0.1, -0.05) is 74.0 Å². The lowest BCUT2D eigenvalue weighted by Gasteiger charge is -2.59. The molecule has 4 fully saturated rings. The Morgan fingerprint density at radius 1 is 1.04 bits per heavy atom. The molecule has 0 radical (unpaired) electrons. The lowest BCUT2D eigenvalue weighted by molar-refractivity contribution is -0.201. The van der Waals surface area contributed by atoms with Crippen molar-refractivity contribution in [3.63, 3.8) is 0 Å². The summed E-state index contributed by atoms with van der Waals surface area (Å²) in [6.07, 6.45) is 7.00. The van der Waals surface area contributed by atoms with Crippen LogP contribution in [-0.4, -0.2) is 52.3 Å². The van der Waals surface area contributed by atoms with Crippen molar-refractivity contribution < 1.29 is 34.0 Å². The maximum absolute atomic E-state index is 13.8. The average molecular weight is 627 g/mol. The third kappa shape index (κ3) is 4.89. The number of aliphatic hydroxyl groups is 2. The number of fused-ring (bicyclic) bond motifs is 7. The Morgan fingerprint density at radius 3 is 2.39 bits per heavy atom. The van der Waals surface area contributed by atoms with E-state index in [0.29, 0.717) is 19.4 Å². The summed E-state index contributed by atoms with van der Waals surface area (Å²) in [5.41, 5.74) is 2.96. The van der Waals surface area contributed by atoms with Crippen LogP contribution in [0.2, 0.25) is 0 Å². The van der Waals surface area contributed by atoms with Crippen molar-refractivity contribution in [2.75, 3.05) is 6.61 Å². The lowest BCUT2D eigenvalue weighted by Crippen LogP contribution is -2.63. The van der Waals surface area contributed by atoms with Crippen LogP contribution in [0.1, 0.15) is 81.9 Å². The van der Waals surface area contributed by atoms with Gasteiger partial charge in [-0.15, -0.1) is 0 Å². The van der Waals surface area contributed by atoms with Crippen LogP contribution >= 0.6 is 0 Å². The van der Waals surface area contributed by atoms with Crippen LogP contribution in [0.3, 0.4) is 0 Å². The summed E-state index contributed by atoms with van der Waals surface area (Å²) < 4.78 is 19.1. The number of ketones is 2. The Kier molecular flexibility index (Phi) is 8.01. The number of aliphatic hydroxyl groups excluding tert-OH is 2. The first kappa shape index (κ1) is 31.6. The largest absolute Gasteiger partial charge is 0.393 e. The Bertz CT molecular complexity index is 1560. The average Bonchev–Trinajstić information content (AvgIpc) is 3.54. The zero-order valence-corrected chi connectivity index (χ0v) is 27.3. The Hall–Kier alpha value is -2.94. The number of hydrogen-bond acceptors (Lipinski definition) is 7. The van der Waals surface area contributed by atoms with E-state index in [2.05, 4.69) is 50.2 Å². The van der Waals surface area contributed by atoms with Gasteiger partial charge < -0.3 is 24.4 Å². The minimum absolute atomic E-state index is 0.00606. The van der Waals surface area contributed by atoms with E-state index in [1.165, 1.54) is 5.56 Å². The van der Waals surface area contributed by atoms with Gasteiger partial charge in [-0.3, -0.25) is 9.59 Å². The Morgan fingerprint density at radius 2 is 1.72 bits per heavy atom. The second kappa shape index (κ2) is 11.6. The molecule has 3 saturated carbocycles. The molecule has 0 spiro atoms. The smallest absolute Gasteiger partial charge is 0.193 e. The van der Waals surface area contributed by atoms with Crippen molar-refractivity contribution in [3.05, 3.63) is 94.6 Å². The Balaban J connectivity index is 1.11. The van der Waals surface area contributed by atoms with Gasteiger partial charge in [-0.05, 0) is 86.6 Å². The number of benzene rings is 2. The van der Waals surface area contributed by atoms with Crippen LogP contribution in [0.15, 0.2) is 72.3 Å². The molecule has 0 unspecified atom stereocenters. The molecule has 7 heteroatoms. The minimum atomic E-state index is -1.35. The molecule has 7 nitrogen and oxygen atoms in total. The zero-order valence-electron chi connectivity index (χ0n) is 27.3. The molecular formula is C39H46O7. The van der Waals surface area contributed by atoms with E-state index in [0.717, 1.165) is 41.5 Å². The van der Waals surface area contributed by atoms with Gasteiger partial charge in [0.25, 0.3) is 0 Å². The van der Waals surface area contributed by atoms with Gasteiger partial charge in [0.05, 0.1) is 24.9 Å². The van der Waals surface area contributed by atoms with Gasteiger partial charge >= 0.3 is 0 Å². The highest BCUT2D eigenvalue weighted by atomic mass is 16.7. The van der Waals surface area contributed by atoms with Crippen molar-refractivity contribution >= 4 is 11.6 Å². The molecule has 4 aliphatic carbocycles. The molecule has 9 atom stereocenters. The molecule has 7 rings (SSSR count). The zero-order chi connectivity index (χ0) is 32.4. The fourth-order valence-corrected chi connectivity index (χ4v) is 9.88. The molecule has 2 N–H and O–H groups in total. The van der Waals surface area contributed by atoms with Crippen LogP contribution in [0, 0.1) is 28.6 Å². The van der Waals surface area contributed by atoms with Gasteiger partial charge in [0.2, 0.25) is 0 Å². The monoisotopic (exact) mass is 626 g/mol. The van der Waals surface area contributed by atoms with Crippen molar-refractivity contribution in [1.82, 2.24) is 0 Å². The molecule has 0 amide bonds. The standard InChI is InChI=1S/C39H46O7/c1-23(2)44-22-26-7-5-24(6-8-26)17-25-9-11-27(12-10-25)36-45-34-19-31-30-14-13-28-18-29(41)15-16-37(28,3)35(30)32(42)20-38(31,4)39(34,46-36)33(43)21-40/h5-12,15-16,18,23,30-32,34-36,40,42H,13-14,17,19-22H2,1-4H3/t30-,31-,32-,34+,35+,36+,37-,38-,39+/m0/s1. The van der Waals surface area contributed by atoms with Crippen LogP contribution in [-0.2, 0) is 36.8 Å².